The van der Waals surface area contributed by atoms with E-state index in [4.69, 9.17) is 0 Å². The van der Waals surface area contributed by atoms with E-state index < -0.39 is 11.7 Å². The van der Waals surface area contributed by atoms with Crippen molar-refractivity contribution >= 4 is 21.6 Å². The zero-order chi connectivity index (χ0) is 14.8. The Bertz CT molecular complexity index is 596. The van der Waals surface area contributed by atoms with E-state index in [0.29, 0.717) is 0 Å². The van der Waals surface area contributed by atoms with Crippen LogP contribution in [0.25, 0.3) is 0 Å². The molecule has 5 heteroatoms. The van der Waals surface area contributed by atoms with Gasteiger partial charge in [-0.15, -0.1) is 0 Å². The molecule has 0 aromatic heterocycles. The van der Waals surface area contributed by atoms with Gasteiger partial charge in [0, 0.05) is 16.2 Å². The molecule has 106 valence electrons. The molecule has 0 aliphatic rings. The maximum atomic E-state index is 12.9. The Labute approximate surface area is 123 Å². The molecule has 20 heavy (non-hydrogen) atoms. The molecule has 0 saturated carbocycles. The van der Waals surface area contributed by atoms with Crippen LogP contribution < -0.4 is 5.32 Å². The quantitative estimate of drug-likeness (QED) is 0.760. The van der Waals surface area contributed by atoms with E-state index in [9.17, 15) is 13.2 Å². The van der Waals surface area contributed by atoms with Gasteiger partial charge in [-0.05, 0) is 30.7 Å². The lowest BCUT2D eigenvalue weighted by molar-refractivity contribution is -0.137. The van der Waals surface area contributed by atoms with Crippen LogP contribution in [0.4, 0.5) is 18.9 Å². The second-order valence-electron chi connectivity index (χ2n) is 4.43. The molecule has 0 amide bonds. The first-order valence-corrected chi connectivity index (χ1v) is 6.86. The van der Waals surface area contributed by atoms with E-state index >= 15 is 0 Å². The minimum absolute atomic E-state index is 0.0863. The van der Waals surface area contributed by atoms with Crippen LogP contribution in [0.15, 0.2) is 53.0 Å². The average molecular weight is 344 g/mol. The van der Waals surface area contributed by atoms with Crippen LogP contribution in [-0.2, 0) is 6.18 Å². The summed E-state index contributed by atoms with van der Waals surface area (Å²) in [6.07, 6.45) is -4.36. The van der Waals surface area contributed by atoms with Crippen molar-refractivity contribution in [2.45, 2.75) is 19.1 Å². The third-order valence-corrected chi connectivity index (χ3v) is 3.70. The number of para-hydroxylation sites is 1. The van der Waals surface area contributed by atoms with Gasteiger partial charge in [0.05, 0.1) is 5.56 Å². The molecular formula is C15H13BrF3N. The number of rotatable bonds is 3. The minimum atomic E-state index is -4.36. The molecule has 0 spiro atoms. The van der Waals surface area contributed by atoms with Crippen LogP contribution in [0.1, 0.15) is 24.1 Å². The Hall–Kier alpha value is -1.49. The van der Waals surface area contributed by atoms with Gasteiger partial charge in [0.1, 0.15) is 0 Å². The Morgan fingerprint density at radius 1 is 1.00 bits per heavy atom. The third-order valence-electron chi connectivity index (χ3n) is 2.98. The van der Waals surface area contributed by atoms with Crippen LogP contribution in [0.2, 0.25) is 0 Å². The van der Waals surface area contributed by atoms with E-state index in [-0.39, 0.29) is 11.7 Å². The zero-order valence-electron chi connectivity index (χ0n) is 10.7. The smallest absolute Gasteiger partial charge is 0.378 e. The largest absolute Gasteiger partial charge is 0.418 e. The SMILES string of the molecule is CC(Nc1ccccc1C(F)(F)F)c1ccccc1Br. The van der Waals surface area contributed by atoms with Crippen LogP contribution in [0.5, 0.6) is 0 Å². The van der Waals surface area contributed by atoms with Crippen LogP contribution >= 0.6 is 15.9 Å². The predicted octanol–water partition coefficient (Wildman–Crippen LogP) is 5.64. The van der Waals surface area contributed by atoms with Crippen molar-refractivity contribution in [1.82, 2.24) is 0 Å². The van der Waals surface area contributed by atoms with Crippen LogP contribution in [0, 0.1) is 0 Å². The first-order chi connectivity index (χ1) is 9.39. The van der Waals surface area contributed by atoms with Crippen molar-refractivity contribution in [1.29, 1.82) is 0 Å². The van der Waals surface area contributed by atoms with Gasteiger partial charge in [-0.25, -0.2) is 0 Å². The van der Waals surface area contributed by atoms with Gasteiger partial charge in [0.15, 0.2) is 0 Å². The maximum absolute atomic E-state index is 12.9. The van der Waals surface area contributed by atoms with Crippen molar-refractivity contribution in [2.24, 2.45) is 0 Å². The topological polar surface area (TPSA) is 12.0 Å². The summed E-state index contributed by atoms with van der Waals surface area (Å²) in [6, 6.07) is 12.7. The van der Waals surface area contributed by atoms with Gasteiger partial charge in [0.2, 0.25) is 0 Å². The molecule has 1 unspecified atom stereocenters. The van der Waals surface area contributed by atoms with Gasteiger partial charge in [-0.1, -0.05) is 46.3 Å². The fourth-order valence-electron chi connectivity index (χ4n) is 1.99. The summed E-state index contributed by atoms with van der Waals surface area (Å²) in [6.45, 7) is 1.83. The number of hydrogen-bond acceptors (Lipinski definition) is 1. The Morgan fingerprint density at radius 3 is 2.25 bits per heavy atom. The fourth-order valence-corrected chi connectivity index (χ4v) is 2.62. The summed E-state index contributed by atoms with van der Waals surface area (Å²) in [4.78, 5) is 0. The van der Waals surface area contributed by atoms with Crippen molar-refractivity contribution in [3.05, 3.63) is 64.1 Å². The van der Waals surface area contributed by atoms with Gasteiger partial charge >= 0.3 is 6.18 Å². The van der Waals surface area contributed by atoms with E-state index in [1.165, 1.54) is 12.1 Å². The van der Waals surface area contributed by atoms with E-state index in [2.05, 4.69) is 21.2 Å². The summed E-state index contributed by atoms with van der Waals surface area (Å²) in [7, 11) is 0. The highest BCUT2D eigenvalue weighted by Gasteiger charge is 2.33. The number of hydrogen-bond donors (Lipinski definition) is 1. The third kappa shape index (κ3) is 3.33. The number of nitrogens with one attached hydrogen (secondary N) is 1. The lowest BCUT2D eigenvalue weighted by Gasteiger charge is -2.20. The monoisotopic (exact) mass is 343 g/mol. The first kappa shape index (κ1) is 14.9. The molecule has 2 rings (SSSR count). The van der Waals surface area contributed by atoms with Crippen molar-refractivity contribution in [2.75, 3.05) is 5.32 Å². The van der Waals surface area contributed by atoms with Gasteiger partial charge in [0.25, 0.3) is 0 Å². The van der Waals surface area contributed by atoms with E-state index in [0.717, 1.165) is 16.1 Å². The summed E-state index contributed by atoms with van der Waals surface area (Å²) in [5.74, 6) is 0. The summed E-state index contributed by atoms with van der Waals surface area (Å²) >= 11 is 3.41. The van der Waals surface area contributed by atoms with Gasteiger partial charge < -0.3 is 5.32 Å². The number of benzene rings is 2. The van der Waals surface area contributed by atoms with Crippen LogP contribution in [0.3, 0.4) is 0 Å². The second kappa shape index (κ2) is 5.87. The summed E-state index contributed by atoms with van der Waals surface area (Å²) in [5, 5.41) is 2.92. The van der Waals surface area contributed by atoms with E-state index in [1.54, 1.807) is 6.07 Å². The predicted molar refractivity (Wildman–Crippen MR) is 77.6 cm³/mol. The minimum Gasteiger partial charge on any atom is -0.378 e. The molecule has 0 fully saturated rings. The Kier molecular flexibility index (Phi) is 4.38. The van der Waals surface area contributed by atoms with Crippen molar-refractivity contribution in [3.63, 3.8) is 0 Å². The molecule has 0 radical (unpaired) electrons. The molecule has 0 heterocycles. The van der Waals surface area contributed by atoms with E-state index in [1.807, 2.05) is 31.2 Å². The number of alkyl halides is 3. The van der Waals surface area contributed by atoms with Crippen LogP contribution in [-0.4, -0.2) is 0 Å². The molecule has 0 aliphatic carbocycles. The molecule has 0 bridgehead atoms. The first-order valence-electron chi connectivity index (χ1n) is 6.07. The zero-order valence-corrected chi connectivity index (χ0v) is 12.3. The molecule has 0 aliphatic heterocycles. The molecule has 1 N–H and O–H groups in total. The highest BCUT2D eigenvalue weighted by atomic mass is 79.9. The molecule has 2 aromatic rings. The molecule has 0 saturated heterocycles. The second-order valence-corrected chi connectivity index (χ2v) is 5.29. The van der Waals surface area contributed by atoms with Gasteiger partial charge in [-0.3, -0.25) is 0 Å². The highest BCUT2D eigenvalue weighted by molar-refractivity contribution is 9.10. The number of halogens is 4. The van der Waals surface area contributed by atoms with Gasteiger partial charge in [-0.2, -0.15) is 13.2 Å². The lowest BCUT2D eigenvalue weighted by Crippen LogP contribution is -2.13. The summed E-state index contributed by atoms with van der Waals surface area (Å²) < 4.78 is 39.7. The standard InChI is InChI=1S/C15H13BrF3N/c1-10(11-6-2-4-8-13(11)16)20-14-9-5-3-7-12(14)15(17,18)19/h2-10,20H,1H3. The number of anilines is 1. The van der Waals surface area contributed by atoms with Crippen molar-refractivity contribution in [3.8, 4) is 0 Å². The lowest BCUT2D eigenvalue weighted by atomic mass is 10.1. The summed E-state index contributed by atoms with van der Waals surface area (Å²) in [5.41, 5.74) is 0.339. The fraction of sp³-hybridized carbons (Fsp3) is 0.200. The average Bonchev–Trinajstić information content (AvgIpc) is 2.38. The Balaban J connectivity index is 2.29. The maximum Gasteiger partial charge on any atom is 0.418 e. The molecular weight excluding hydrogens is 331 g/mol. The molecule has 1 atom stereocenters. The highest BCUT2D eigenvalue weighted by Crippen LogP contribution is 2.36. The normalized spacial score (nSPS) is 13.1. The molecule has 1 nitrogen and oxygen atoms in total. The van der Waals surface area contributed by atoms with Crippen molar-refractivity contribution < 1.29 is 13.2 Å². The molecule has 2 aromatic carbocycles. The Morgan fingerprint density at radius 2 is 1.60 bits per heavy atom.